The summed E-state index contributed by atoms with van der Waals surface area (Å²) in [6.45, 7) is 2.26. The van der Waals surface area contributed by atoms with E-state index in [1.807, 2.05) is 6.08 Å². The van der Waals surface area contributed by atoms with Gasteiger partial charge in [-0.1, -0.05) is 24.6 Å². The molecule has 0 aromatic heterocycles. The second-order valence-corrected chi connectivity index (χ2v) is 13.4. The number of carboxylic acid groups (broad SMARTS) is 1. The maximum Gasteiger partial charge on any atom is 0.303 e. The van der Waals surface area contributed by atoms with Gasteiger partial charge in [0, 0.05) is 24.2 Å². The van der Waals surface area contributed by atoms with E-state index in [0.29, 0.717) is 30.7 Å². The molecule has 10 atom stereocenters. The summed E-state index contributed by atoms with van der Waals surface area (Å²) in [5.41, 5.74) is 6.67. The fourth-order valence-electron chi connectivity index (χ4n) is 9.73. The Kier molecular flexibility index (Phi) is 7.52. The second kappa shape index (κ2) is 10.9. The predicted molar refractivity (Wildman–Crippen MR) is 150 cm³/mol. The Morgan fingerprint density at radius 2 is 1.90 bits per heavy atom. The van der Waals surface area contributed by atoms with Gasteiger partial charge < -0.3 is 24.9 Å². The topological polar surface area (TPSA) is 162 Å². The molecule has 5 N–H and O–H groups in total. The van der Waals surface area contributed by atoms with Gasteiger partial charge >= 0.3 is 5.97 Å². The summed E-state index contributed by atoms with van der Waals surface area (Å²) in [5, 5.41) is 30.4. The zero-order chi connectivity index (χ0) is 29.8. The molecule has 1 saturated heterocycles. The Balaban J connectivity index is 1.17. The molecular formula is C32H40N2O8. The SMILES string of the molecule is C[C@]12CCC(=O)C=C1CC[C@H]1[C@@H]3CC[C@H](C(C=O)NNC(=O)CC(CC(=O)O)c4ccc(O)cc4)[C@@]34CC(OC4O)[C@@H]12. The van der Waals surface area contributed by atoms with Gasteiger partial charge in [0.25, 0.3) is 0 Å². The van der Waals surface area contributed by atoms with E-state index in [4.69, 9.17) is 4.74 Å². The summed E-state index contributed by atoms with van der Waals surface area (Å²) in [6.07, 6.45) is 6.43. The molecule has 226 valence electrons. The molecule has 1 aromatic rings. The van der Waals surface area contributed by atoms with Crippen LogP contribution in [-0.2, 0) is 23.9 Å². The van der Waals surface area contributed by atoms with Crippen LogP contribution in [0.15, 0.2) is 35.9 Å². The maximum absolute atomic E-state index is 13.0. The molecular weight excluding hydrogens is 540 g/mol. The first-order valence-electron chi connectivity index (χ1n) is 15.1. The van der Waals surface area contributed by atoms with E-state index >= 15 is 0 Å². The number of phenolic OH excluding ortho intramolecular Hbond substituents is 1. The van der Waals surface area contributed by atoms with Crippen LogP contribution < -0.4 is 10.9 Å². The van der Waals surface area contributed by atoms with Crippen molar-refractivity contribution in [3.05, 3.63) is 41.5 Å². The van der Waals surface area contributed by atoms with Crippen molar-refractivity contribution in [3.8, 4) is 5.75 Å². The number of aliphatic hydroxyl groups excluding tert-OH is 1. The molecule has 4 fully saturated rings. The highest BCUT2D eigenvalue weighted by atomic mass is 16.6. The number of carboxylic acids is 1. The molecule has 2 bridgehead atoms. The van der Waals surface area contributed by atoms with E-state index < -0.39 is 35.5 Å². The number of carbonyl (C=O) groups excluding carboxylic acids is 3. The van der Waals surface area contributed by atoms with Gasteiger partial charge in [-0.15, -0.1) is 0 Å². The summed E-state index contributed by atoms with van der Waals surface area (Å²) >= 11 is 0. The average molecular weight is 581 g/mol. The molecule has 1 aliphatic heterocycles. The molecule has 1 heterocycles. The summed E-state index contributed by atoms with van der Waals surface area (Å²) in [6, 6.07) is 5.35. The van der Waals surface area contributed by atoms with Crippen LogP contribution >= 0.6 is 0 Å². The largest absolute Gasteiger partial charge is 0.508 e. The second-order valence-electron chi connectivity index (χ2n) is 13.4. The number of aliphatic carboxylic acids is 1. The molecule has 0 radical (unpaired) electrons. The molecule has 4 aliphatic carbocycles. The van der Waals surface area contributed by atoms with Crippen molar-refractivity contribution in [2.45, 2.75) is 89.1 Å². The molecule has 10 nitrogen and oxygen atoms in total. The van der Waals surface area contributed by atoms with Crippen LogP contribution in [0.25, 0.3) is 0 Å². The summed E-state index contributed by atoms with van der Waals surface area (Å²) < 4.78 is 6.34. The molecule has 5 aliphatic rings. The van der Waals surface area contributed by atoms with Crippen LogP contribution in [0.2, 0.25) is 0 Å². The number of ketones is 1. The highest BCUT2D eigenvalue weighted by Gasteiger charge is 2.71. The first kappa shape index (κ1) is 29.0. The van der Waals surface area contributed by atoms with Crippen LogP contribution in [0, 0.1) is 34.5 Å². The third-order valence-corrected chi connectivity index (χ3v) is 11.5. The van der Waals surface area contributed by atoms with E-state index in [-0.39, 0.29) is 53.6 Å². The standard InChI is InChI=1S/C32H40N2O8/c1-31-11-10-21(37)14-19(31)4-7-22-23-8-9-24(32(23)15-26(29(22)31)42-30(32)41)25(16-35)33-34-27(38)12-18(13-28(39)40)17-2-5-20(36)6-3-17/h2-3,5-6,14,16,18,22-26,29-30,33,36,41H,4,7-13,15H2,1H3,(H,34,38)(H,39,40)/t18?,22-,23-,24+,25?,26?,29+,30?,31-,32+/m0/s1. The number of nitrogens with one attached hydrogen (secondary N) is 2. The summed E-state index contributed by atoms with van der Waals surface area (Å²) in [4.78, 5) is 49.1. The Hall–Kier alpha value is -3.08. The van der Waals surface area contributed by atoms with E-state index in [1.54, 1.807) is 12.1 Å². The monoisotopic (exact) mass is 580 g/mol. The minimum Gasteiger partial charge on any atom is -0.508 e. The fourth-order valence-corrected chi connectivity index (χ4v) is 9.73. The van der Waals surface area contributed by atoms with Crippen molar-refractivity contribution in [3.63, 3.8) is 0 Å². The zero-order valence-corrected chi connectivity index (χ0v) is 23.8. The minimum absolute atomic E-state index is 0.0458. The smallest absolute Gasteiger partial charge is 0.303 e. The molecule has 1 aromatic carbocycles. The normalized spacial score (nSPS) is 38.0. The van der Waals surface area contributed by atoms with Crippen LogP contribution in [-0.4, -0.2) is 57.7 Å². The first-order valence-corrected chi connectivity index (χ1v) is 15.1. The van der Waals surface area contributed by atoms with E-state index in [2.05, 4.69) is 17.8 Å². The van der Waals surface area contributed by atoms with Gasteiger partial charge in [0.2, 0.25) is 5.91 Å². The van der Waals surface area contributed by atoms with Crippen molar-refractivity contribution in [2.75, 3.05) is 0 Å². The highest BCUT2D eigenvalue weighted by molar-refractivity contribution is 5.91. The van der Waals surface area contributed by atoms with Crippen LogP contribution in [0.5, 0.6) is 5.75 Å². The van der Waals surface area contributed by atoms with Gasteiger partial charge in [-0.25, -0.2) is 5.43 Å². The number of amides is 1. The Labute approximate surface area is 244 Å². The molecule has 3 saturated carbocycles. The lowest BCUT2D eigenvalue weighted by molar-refractivity contribution is -0.155. The quantitative estimate of drug-likeness (QED) is 0.218. The van der Waals surface area contributed by atoms with Crippen molar-refractivity contribution in [2.24, 2.45) is 34.5 Å². The number of carbonyl (C=O) groups is 4. The highest BCUT2D eigenvalue weighted by Crippen LogP contribution is 2.71. The van der Waals surface area contributed by atoms with Crippen molar-refractivity contribution in [1.29, 1.82) is 0 Å². The molecule has 1 spiro atoms. The number of hydrazine groups is 1. The summed E-state index contributed by atoms with van der Waals surface area (Å²) in [5.74, 6) is -1.41. The van der Waals surface area contributed by atoms with Crippen LogP contribution in [0.3, 0.4) is 0 Å². The first-order chi connectivity index (χ1) is 20.1. The lowest BCUT2D eigenvalue weighted by Gasteiger charge is -2.57. The number of fused-ring (bicyclic) bond motifs is 6. The van der Waals surface area contributed by atoms with Gasteiger partial charge in [0.05, 0.1) is 18.6 Å². The van der Waals surface area contributed by atoms with E-state index in [0.717, 1.165) is 32.0 Å². The number of aromatic hydroxyl groups is 1. The predicted octanol–water partition coefficient (Wildman–Crippen LogP) is 2.98. The Morgan fingerprint density at radius 1 is 1.14 bits per heavy atom. The summed E-state index contributed by atoms with van der Waals surface area (Å²) in [7, 11) is 0. The van der Waals surface area contributed by atoms with E-state index in [1.165, 1.54) is 17.7 Å². The fraction of sp³-hybridized carbons (Fsp3) is 0.625. The number of aliphatic hydroxyl groups is 1. The number of hydrogen-bond acceptors (Lipinski definition) is 8. The zero-order valence-electron chi connectivity index (χ0n) is 23.8. The Morgan fingerprint density at radius 3 is 2.62 bits per heavy atom. The van der Waals surface area contributed by atoms with Gasteiger partial charge in [0.15, 0.2) is 12.1 Å². The third-order valence-electron chi connectivity index (χ3n) is 11.5. The molecule has 10 heteroatoms. The van der Waals surface area contributed by atoms with Crippen molar-refractivity contribution in [1.82, 2.24) is 10.9 Å². The molecule has 6 rings (SSSR count). The minimum atomic E-state index is -1.05. The third kappa shape index (κ3) is 4.68. The number of phenols is 1. The van der Waals surface area contributed by atoms with Gasteiger partial charge in [0.1, 0.15) is 12.0 Å². The van der Waals surface area contributed by atoms with Crippen LogP contribution in [0.4, 0.5) is 0 Å². The van der Waals surface area contributed by atoms with Crippen molar-refractivity contribution < 1.29 is 39.2 Å². The maximum atomic E-state index is 13.0. The van der Waals surface area contributed by atoms with Crippen molar-refractivity contribution >= 4 is 23.9 Å². The average Bonchev–Trinajstić information content (AvgIpc) is 3.47. The molecule has 4 unspecified atom stereocenters. The van der Waals surface area contributed by atoms with Gasteiger partial charge in [-0.2, -0.15) is 0 Å². The van der Waals surface area contributed by atoms with Gasteiger partial charge in [-0.3, -0.25) is 19.8 Å². The Bertz CT molecular complexity index is 1300. The molecule has 42 heavy (non-hydrogen) atoms. The van der Waals surface area contributed by atoms with Gasteiger partial charge in [-0.05, 0) is 91.4 Å². The number of ether oxygens (including phenoxy) is 1. The molecule has 1 amide bonds. The lowest BCUT2D eigenvalue weighted by Crippen LogP contribution is -2.58. The number of rotatable bonds is 9. The number of benzene rings is 1. The lowest BCUT2D eigenvalue weighted by atomic mass is 9.46. The van der Waals surface area contributed by atoms with E-state index in [9.17, 15) is 34.5 Å². The number of aldehydes is 1. The number of hydrogen-bond donors (Lipinski definition) is 5. The van der Waals surface area contributed by atoms with Crippen LogP contribution in [0.1, 0.15) is 76.2 Å². The number of allylic oxidation sites excluding steroid dienone is 1.